The van der Waals surface area contributed by atoms with Crippen molar-refractivity contribution in [1.82, 2.24) is 4.98 Å². The van der Waals surface area contributed by atoms with Crippen LogP contribution in [0.2, 0.25) is 0 Å². The maximum atomic E-state index is 11.7. The standard InChI is InChI=1S/C15H13NO2S/c1-2-18-15(17)12-8-13-14(16-12)11(9-19-13)10-6-4-3-5-7-10/h3-9,16H,2H2,1H3. The van der Waals surface area contributed by atoms with Crippen LogP contribution in [0.15, 0.2) is 41.8 Å². The molecule has 0 saturated heterocycles. The first-order valence-electron chi connectivity index (χ1n) is 6.12. The first-order valence-corrected chi connectivity index (χ1v) is 7.00. The molecule has 0 atom stereocenters. The van der Waals surface area contributed by atoms with Gasteiger partial charge in [-0.3, -0.25) is 0 Å². The third kappa shape index (κ3) is 2.15. The Bertz CT molecular complexity index is 712. The molecule has 0 spiro atoms. The van der Waals surface area contributed by atoms with Gasteiger partial charge in [0.1, 0.15) is 5.69 Å². The number of aromatic nitrogens is 1. The van der Waals surface area contributed by atoms with Gasteiger partial charge in [-0.05, 0) is 18.6 Å². The normalized spacial score (nSPS) is 10.8. The molecule has 0 saturated carbocycles. The van der Waals surface area contributed by atoms with E-state index in [-0.39, 0.29) is 5.97 Å². The number of benzene rings is 1. The summed E-state index contributed by atoms with van der Waals surface area (Å²) in [5.41, 5.74) is 3.78. The van der Waals surface area contributed by atoms with E-state index in [0.717, 1.165) is 21.3 Å². The van der Waals surface area contributed by atoms with Crippen molar-refractivity contribution in [3.8, 4) is 11.1 Å². The number of H-pyrrole nitrogens is 1. The molecule has 0 bridgehead atoms. The highest BCUT2D eigenvalue weighted by Gasteiger charge is 2.14. The van der Waals surface area contributed by atoms with E-state index in [9.17, 15) is 4.79 Å². The van der Waals surface area contributed by atoms with E-state index in [0.29, 0.717) is 12.3 Å². The van der Waals surface area contributed by atoms with E-state index >= 15 is 0 Å². The maximum Gasteiger partial charge on any atom is 0.354 e. The van der Waals surface area contributed by atoms with Gasteiger partial charge in [-0.25, -0.2) is 4.79 Å². The predicted octanol–water partition coefficient (Wildman–Crippen LogP) is 4.07. The third-order valence-electron chi connectivity index (χ3n) is 2.93. The largest absolute Gasteiger partial charge is 0.461 e. The minimum atomic E-state index is -0.301. The summed E-state index contributed by atoms with van der Waals surface area (Å²) in [5, 5.41) is 2.10. The summed E-state index contributed by atoms with van der Waals surface area (Å²) in [7, 11) is 0. The third-order valence-corrected chi connectivity index (χ3v) is 3.86. The van der Waals surface area contributed by atoms with Gasteiger partial charge in [-0.15, -0.1) is 11.3 Å². The van der Waals surface area contributed by atoms with Gasteiger partial charge in [-0.2, -0.15) is 0 Å². The molecule has 0 fully saturated rings. The van der Waals surface area contributed by atoms with Crippen molar-refractivity contribution in [2.75, 3.05) is 6.61 Å². The van der Waals surface area contributed by atoms with Gasteiger partial charge >= 0.3 is 5.97 Å². The molecule has 1 N–H and O–H groups in total. The molecule has 0 radical (unpaired) electrons. The molecule has 3 aromatic rings. The SMILES string of the molecule is CCOC(=O)c1cc2scc(-c3ccccc3)c2[nH]1. The predicted molar refractivity (Wildman–Crippen MR) is 77.6 cm³/mol. The number of fused-ring (bicyclic) bond motifs is 1. The van der Waals surface area contributed by atoms with Crippen LogP contribution in [0.25, 0.3) is 21.3 Å². The summed E-state index contributed by atoms with van der Waals surface area (Å²) in [6, 6.07) is 12.0. The fourth-order valence-corrected chi connectivity index (χ4v) is 3.02. The summed E-state index contributed by atoms with van der Waals surface area (Å²) in [6.45, 7) is 2.19. The molecule has 3 rings (SSSR count). The van der Waals surface area contributed by atoms with Gasteiger partial charge in [0.15, 0.2) is 0 Å². The lowest BCUT2D eigenvalue weighted by atomic mass is 10.1. The van der Waals surface area contributed by atoms with Crippen LogP contribution in [0, 0.1) is 0 Å². The van der Waals surface area contributed by atoms with Gasteiger partial charge < -0.3 is 9.72 Å². The van der Waals surface area contributed by atoms with Crippen molar-refractivity contribution in [2.45, 2.75) is 6.92 Å². The van der Waals surface area contributed by atoms with E-state index in [1.54, 1.807) is 18.3 Å². The van der Waals surface area contributed by atoms with Gasteiger partial charge in [0.25, 0.3) is 0 Å². The second kappa shape index (κ2) is 4.90. The van der Waals surface area contributed by atoms with E-state index < -0.39 is 0 Å². The van der Waals surface area contributed by atoms with Crippen LogP contribution in [-0.2, 0) is 4.74 Å². The highest BCUT2D eigenvalue weighted by molar-refractivity contribution is 7.17. The van der Waals surface area contributed by atoms with Crippen molar-refractivity contribution < 1.29 is 9.53 Å². The number of hydrogen-bond acceptors (Lipinski definition) is 3. The first kappa shape index (κ1) is 12.0. The van der Waals surface area contributed by atoms with Crippen molar-refractivity contribution in [2.24, 2.45) is 0 Å². The molecular formula is C15H13NO2S. The average molecular weight is 271 g/mol. The summed E-state index contributed by atoms with van der Waals surface area (Å²) in [6.07, 6.45) is 0. The molecule has 19 heavy (non-hydrogen) atoms. The second-order valence-electron chi connectivity index (χ2n) is 4.16. The monoisotopic (exact) mass is 271 g/mol. The molecule has 3 nitrogen and oxygen atoms in total. The minimum absolute atomic E-state index is 0.301. The summed E-state index contributed by atoms with van der Waals surface area (Å²) >= 11 is 1.63. The van der Waals surface area contributed by atoms with Crippen LogP contribution >= 0.6 is 11.3 Å². The van der Waals surface area contributed by atoms with Crippen LogP contribution in [0.3, 0.4) is 0 Å². The zero-order valence-corrected chi connectivity index (χ0v) is 11.3. The van der Waals surface area contributed by atoms with E-state index in [1.165, 1.54) is 0 Å². The Morgan fingerprint density at radius 1 is 1.32 bits per heavy atom. The van der Waals surface area contributed by atoms with Crippen LogP contribution in [0.5, 0.6) is 0 Å². The molecule has 0 aliphatic carbocycles. The zero-order chi connectivity index (χ0) is 13.2. The highest BCUT2D eigenvalue weighted by Crippen LogP contribution is 2.34. The summed E-state index contributed by atoms with van der Waals surface area (Å²) < 4.78 is 6.08. The van der Waals surface area contributed by atoms with E-state index in [2.05, 4.69) is 22.5 Å². The number of carbonyl (C=O) groups is 1. The molecule has 0 aliphatic heterocycles. The van der Waals surface area contributed by atoms with Crippen molar-refractivity contribution >= 4 is 27.5 Å². The lowest BCUT2D eigenvalue weighted by Gasteiger charge is -1.99. The molecule has 2 aromatic heterocycles. The number of rotatable bonds is 3. The molecule has 0 aliphatic rings. The fourth-order valence-electron chi connectivity index (χ4n) is 2.06. The van der Waals surface area contributed by atoms with Crippen molar-refractivity contribution in [3.63, 3.8) is 0 Å². The van der Waals surface area contributed by atoms with Gasteiger partial charge in [0, 0.05) is 10.9 Å². The Morgan fingerprint density at radius 3 is 2.84 bits per heavy atom. The Balaban J connectivity index is 2.06. The Kier molecular flexibility index (Phi) is 3.09. The van der Waals surface area contributed by atoms with E-state index in [4.69, 9.17) is 4.74 Å². The number of hydrogen-bond donors (Lipinski definition) is 1. The number of carbonyl (C=O) groups excluding carboxylic acids is 1. The van der Waals surface area contributed by atoms with E-state index in [1.807, 2.05) is 24.3 Å². The fraction of sp³-hybridized carbons (Fsp3) is 0.133. The van der Waals surface area contributed by atoms with Gasteiger partial charge in [0.05, 0.1) is 16.8 Å². The Hall–Kier alpha value is -2.07. The minimum Gasteiger partial charge on any atom is -0.461 e. The number of ether oxygens (including phenoxy) is 1. The van der Waals surface area contributed by atoms with Crippen LogP contribution in [-0.4, -0.2) is 17.6 Å². The number of esters is 1. The molecule has 0 amide bonds. The quantitative estimate of drug-likeness (QED) is 0.729. The summed E-state index contributed by atoms with van der Waals surface area (Å²) in [4.78, 5) is 14.9. The number of aromatic amines is 1. The molecule has 4 heteroatoms. The number of nitrogens with one attached hydrogen (secondary N) is 1. The molecular weight excluding hydrogens is 258 g/mol. The molecule has 2 heterocycles. The van der Waals surface area contributed by atoms with Crippen molar-refractivity contribution in [3.05, 3.63) is 47.5 Å². The maximum absolute atomic E-state index is 11.7. The second-order valence-corrected chi connectivity index (χ2v) is 5.07. The van der Waals surface area contributed by atoms with Crippen LogP contribution in [0.1, 0.15) is 17.4 Å². The van der Waals surface area contributed by atoms with Crippen molar-refractivity contribution in [1.29, 1.82) is 0 Å². The van der Waals surface area contributed by atoms with Crippen LogP contribution in [0.4, 0.5) is 0 Å². The smallest absolute Gasteiger partial charge is 0.354 e. The Morgan fingerprint density at radius 2 is 2.11 bits per heavy atom. The first-order chi connectivity index (χ1) is 9.29. The van der Waals surface area contributed by atoms with Crippen LogP contribution < -0.4 is 0 Å². The topological polar surface area (TPSA) is 42.1 Å². The molecule has 96 valence electrons. The highest BCUT2D eigenvalue weighted by atomic mass is 32.1. The lowest BCUT2D eigenvalue weighted by molar-refractivity contribution is 0.0520. The number of thiophene rings is 1. The zero-order valence-electron chi connectivity index (χ0n) is 10.5. The van der Waals surface area contributed by atoms with Gasteiger partial charge in [0.2, 0.25) is 0 Å². The molecule has 1 aromatic carbocycles. The average Bonchev–Trinajstić information content (AvgIpc) is 2.99. The summed E-state index contributed by atoms with van der Waals surface area (Å²) in [5.74, 6) is -0.301. The molecule has 0 unspecified atom stereocenters. The Labute approximate surface area is 114 Å². The van der Waals surface area contributed by atoms with Gasteiger partial charge in [-0.1, -0.05) is 30.3 Å². The lowest BCUT2D eigenvalue weighted by Crippen LogP contribution is -2.04.